The molecule has 0 saturated heterocycles. The second-order valence-corrected chi connectivity index (χ2v) is 6.80. The Bertz CT molecular complexity index is 1120. The number of fused-ring (bicyclic) bond motifs is 1. The van der Waals surface area contributed by atoms with Gasteiger partial charge in [-0.3, -0.25) is 4.79 Å². The molecule has 3 aromatic rings. The Morgan fingerprint density at radius 1 is 1.21 bits per heavy atom. The molecule has 0 unspecified atom stereocenters. The molecule has 1 heterocycles. The van der Waals surface area contributed by atoms with Crippen molar-refractivity contribution < 1.29 is 23.8 Å². The lowest BCUT2D eigenvalue weighted by Crippen LogP contribution is -2.16. The molecule has 0 fully saturated rings. The number of anilines is 1. The maximum atomic E-state index is 12.5. The van der Waals surface area contributed by atoms with Crippen LogP contribution in [0.4, 0.5) is 5.69 Å². The van der Waals surface area contributed by atoms with Gasteiger partial charge in [0.05, 0.1) is 36.8 Å². The average molecular weight is 418 g/mol. The van der Waals surface area contributed by atoms with Gasteiger partial charge in [-0.05, 0) is 42.8 Å². The molecule has 0 atom stereocenters. The fourth-order valence-corrected chi connectivity index (χ4v) is 3.25. The van der Waals surface area contributed by atoms with Gasteiger partial charge >= 0.3 is 11.6 Å². The predicted molar refractivity (Wildman–Crippen MR) is 110 cm³/mol. The number of ether oxygens (including phenoxy) is 2. The quantitative estimate of drug-likeness (QED) is 0.465. The maximum Gasteiger partial charge on any atom is 0.340 e. The number of hydrogen-bond acceptors (Lipinski definition) is 7. The van der Waals surface area contributed by atoms with Crippen LogP contribution in [0, 0.1) is 6.92 Å². The van der Waals surface area contributed by atoms with Crippen LogP contribution in [-0.4, -0.2) is 25.3 Å². The maximum absolute atomic E-state index is 12.5. The van der Waals surface area contributed by atoms with Crippen molar-refractivity contribution in [1.82, 2.24) is 0 Å². The fraction of sp³-hybridized carbons (Fsp3) is 0.238. The molecule has 0 aliphatic heterocycles. The number of aryl methyl sites for hydroxylation is 1. The summed E-state index contributed by atoms with van der Waals surface area (Å²) in [6.45, 7) is 1.86. The van der Waals surface area contributed by atoms with Crippen LogP contribution in [0.25, 0.3) is 11.0 Å². The highest BCUT2D eigenvalue weighted by atomic mass is 35.5. The number of halogens is 1. The molecule has 29 heavy (non-hydrogen) atoms. The molecular weight excluding hydrogens is 398 g/mol. The van der Waals surface area contributed by atoms with Gasteiger partial charge in [-0.25, -0.2) is 4.79 Å². The van der Waals surface area contributed by atoms with Gasteiger partial charge in [0.25, 0.3) is 0 Å². The minimum absolute atomic E-state index is 0.116. The van der Waals surface area contributed by atoms with E-state index in [-0.39, 0.29) is 34.9 Å². The van der Waals surface area contributed by atoms with Crippen molar-refractivity contribution >= 4 is 34.2 Å². The SMILES string of the molecule is COC(=O)Cc1c(C)c2cc(Cl)c(O)c(CNc3ccc(OC)cc3)c2oc1=O. The van der Waals surface area contributed by atoms with Crippen LogP contribution in [0.1, 0.15) is 16.7 Å². The normalized spacial score (nSPS) is 10.8. The number of carbonyl (C=O) groups is 1. The standard InChI is InChI=1S/C21H20ClNO6/c1-11-14-8-17(22)19(25)16(10-23-12-4-6-13(27-2)7-5-12)20(14)29-21(26)15(11)9-18(24)28-3/h4-8,23,25H,9-10H2,1-3H3. The molecule has 0 spiro atoms. The zero-order valence-electron chi connectivity index (χ0n) is 16.2. The first-order chi connectivity index (χ1) is 13.8. The van der Waals surface area contributed by atoms with Gasteiger partial charge in [0.2, 0.25) is 0 Å². The van der Waals surface area contributed by atoms with Crippen molar-refractivity contribution in [3.63, 3.8) is 0 Å². The van der Waals surface area contributed by atoms with E-state index in [4.69, 9.17) is 20.8 Å². The van der Waals surface area contributed by atoms with Gasteiger partial charge < -0.3 is 24.3 Å². The summed E-state index contributed by atoms with van der Waals surface area (Å²) in [6.07, 6.45) is -0.210. The van der Waals surface area contributed by atoms with Gasteiger partial charge in [-0.1, -0.05) is 11.6 Å². The molecule has 0 saturated carbocycles. The molecule has 1 aromatic heterocycles. The first-order valence-electron chi connectivity index (χ1n) is 8.77. The Kier molecular flexibility index (Phi) is 5.98. The van der Waals surface area contributed by atoms with Crippen LogP contribution >= 0.6 is 11.6 Å². The number of rotatable bonds is 6. The lowest BCUT2D eigenvalue weighted by molar-refractivity contribution is -0.139. The number of phenols is 1. The van der Waals surface area contributed by atoms with Crippen LogP contribution < -0.4 is 15.7 Å². The van der Waals surface area contributed by atoms with E-state index in [9.17, 15) is 14.7 Å². The van der Waals surface area contributed by atoms with Gasteiger partial charge in [0.1, 0.15) is 17.1 Å². The molecule has 7 nitrogen and oxygen atoms in total. The summed E-state index contributed by atoms with van der Waals surface area (Å²) in [5.41, 5.74) is 1.42. The first kappa shape index (κ1) is 20.5. The number of esters is 1. The van der Waals surface area contributed by atoms with E-state index in [2.05, 4.69) is 10.1 Å². The molecule has 0 aliphatic rings. The summed E-state index contributed by atoms with van der Waals surface area (Å²) < 4.78 is 15.2. The highest BCUT2D eigenvalue weighted by Gasteiger charge is 2.20. The molecule has 0 aliphatic carbocycles. The van der Waals surface area contributed by atoms with Crippen LogP contribution in [-0.2, 0) is 22.5 Å². The Morgan fingerprint density at radius 3 is 2.52 bits per heavy atom. The molecule has 152 valence electrons. The van der Waals surface area contributed by atoms with E-state index in [1.165, 1.54) is 13.2 Å². The summed E-state index contributed by atoms with van der Waals surface area (Å²) in [7, 11) is 2.83. The highest BCUT2D eigenvalue weighted by molar-refractivity contribution is 6.33. The fourth-order valence-electron chi connectivity index (χ4n) is 3.02. The number of phenolic OH excluding ortho intramolecular Hbond substituents is 1. The zero-order chi connectivity index (χ0) is 21.1. The topological polar surface area (TPSA) is 98.0 Å². The number of aromatic hydroxyl groups is 1. The number of methoxy groups -OCH3 is 2. The van der Waals surface area contributed by atoms with Crippen molar-refractivity contribution in [3.05, 3.63) is 62.5 Å². The molecular formula is C21H20ClNO6. The molecule has 0 bridgehead atoms. The smallest absolute Gasteiger partial charge is 0.340 e. The monoisotopic (exact) mass is 417 g/mol. The largest absolute Gasteiger partial charge is 0.506 e. The summed E-state index contributed by atoms with van der Waals surface area (Å²) in [5.74, 6) is -0.0131. The Balaban J connectivity index is 2.05. The number of carbonyl (C=O) groups excluding carboxylic acids is 1. The van der Waals surface area contributed by atoms with Crippen LogP contribution in [0.5, 0.6) is 11.5 Å². The van der Waals surface area contributed by atoms with Gasteiger partial charge in [-0.2, -0.15) is 0 Å². The Labute approximate surface area is 171 Å². The minimum atomic E-state index is -0.659. The summed E-state index contributed by atoms with van der Waals surface area (Å²) in [4.78, 5) is 24.1. The van der Waals surface area contributed by atoms with Crippen LogP contribution in [0.2, 0.25) is 5.02 Å². The number of benzene rings is 2. The average Bonchev–Trinajstić information content (AvgIpc) is 2.72. The van der Waals surface area contributed by atoms with Gasteiger partial charge in [-0.15, -0.1) is 0 Å². The third-order valence-corrected chi connectivity index (χ3v) is 5.00. The molecule has 0 radical (unpaired) electrons. The second-order valence-electron chi connectivity index (χ2n) is 6.39. The lowest BCUT2D eigenvalue weighted by Gasteiger charge is -2.14. The first-order valence-corrected chi connectivity index (χ1v) is 9.14. The minimum Gasteiger partial charge on any atom is -0.506 e. The molecule has 3 rings (SSSR count). The van der Waals surface area contributed by atoms with E-state index >= 15 is 0 Å². The van der Waals surface area contributed by atoms with Gasteiger partial charge in [0.15, 0.2) is 0 Å². The lowest BCUT2D eigenvalue weighted by atomic mass is 10.0. The van der Waals surface area contributed by atoms with E-state index in [1.807, 2.05) is 12.1 Å². The number of hydrogen-bond donors (Lipinski definition) is 2. The van der Waals surface area contributed by atoms with Gasteiger partial charge in [0, 0.05) is 17.6 Å². The summed E-state index contributed by atoms with van der Waals surface area (Å²) >= 11 is 6.21. The highest BCUT2D eigenvalue weighted by Crippen LogP contribution is 2.36. The van der Waals surface area contributed by atoms with E-state index in [0.717, 1.165) is 5.69 Å². The molecule has 2 aromatic carbocycles. The third kappa shape index (κ3) is 4.14. The second kappa shape index (κ2) is 8.45. The van der Waals surface area contributed by atoms with Crippen molar-refractivity contribution in [2.24, 2.45) is 0 Å². The van der Waals surface area contributed by atoms with Crippen molar-refractivity contribution in [3.8, 4) is 11.5 Å². The molecule has 0 amide bonds. The van der Waals surface area contributed by atoms with E-state index in [0.29, 0.717) is 22.3 Å². The molecule has 2 N–H and O–H groups in total. The Hall–Kier alpha value is -3.19. The Morgan fingerprint density at radius 2 is 1.90 bits per heavy atom. The molecule has 8 heteroatoms. The van der Waals surface area contributed by atoms with Crippen LogP contribution in [0.15, 0.2) is 39.5 Å². The predicted octanol–water partition coefficient (Wildman–Crippen LogP) is 3.80. The number of nitrogens with one attached hydrogen (secondary N) is 1. The summed E-state index contributed by atoms with van der Waals surface area (Å²) in [5, 5.41) is 14.3. The van der Waals surface area contributed by atoms with Crippen molar-refractivity contribution in [2.75, 3.05) is 19.5 Å². The van der Waals surface area contributed by atoms with Crippen molar-refractivity contribution in [1.29, 1.82) is 0 Å². The summed E-state index contributed by atoms with van der Waals surface area (Å²) in [6, 6.07) is 8.74. The third-order valence-electron chi connectivity index (χ3n) is 4.71. The van der Waals surface area contributed by atoms with E-state index in [1.54, 1.807) is 26.2 Å². The van der Waals surface area contributed by atoms with E-state index < -0.39 is 11.6 Å². The van der Waals surface area contributed by atoms with Crippen molar-refractivity contribution in [2.45, 2.75) is 19.9 Å². The van der Waals surface area contributed by atoms with Crippen LogP contribution in [0.3, 0.4) is 0 Å². The zero-order valence-corrected chi connectivity index (χ0v) is 16.9.